The van der Waals surface area contributed by atoms with E-state index in [0.717, 1.165) is 22.2 Å². The Kier molecular flexibility index (Phi) is 3.92. The fraction of sp³-hybridized carbons (Fsp3) is 0.222. The number of fused-ring (bicyclic) bond motifs is 1. The number of carbonyl (C=O) groups excluding carboxylic acids is 1. The van der Waals surface area contributed by atoms with E-state index in [2.05, 4.69) is 4.98 Å². The number of likely N-dealkylation sites (N-methyl/N-ethyl adjacent to an activating group) is 1. The number of nitrogens with zero attached hydrogens (tertiary/aromatic N) is 3. The highest BCUT2D eigenvalue weighted by Crippen LogP contribution is 2.19. The minimum absolute atomic E-state index is 0.111. The summed E-state index contributed by atoms with van der Waals surface area (Å²) >= 11 is 0. The Morgan fingerprint density at radius 3 is 2.73 bits per heavy atom. The highest BCUT2D eigenvalue weighted by Gasteiger charge is 2.14. The van der Waals surface area contributed by atoms with E-state index in [4.69, 9.17) is 0 Å². The average molecular weight is 293 g/mol. The lowest BCUT2D eigenvalue weighted by molar-refractivity contribution is -0.129. The molecule has 3 aromatic rings. The quantitative estimate of drug-likeness (QED) is 0.742. The first-order chi connectivity index (χ1) is 10.6. The first kappa shape index (κ1) is 14.3. The van der Waals surface area contributed by atoms with Gasteiger partial charge in [-0.1, -0.05) is 30.3 Å². The Morgan fingerprint density at radius 1 is 1.18 bits per heavy atom. The summed E-state index contributed by atoms with van der Waals surface area (Å²) in [4.78, 5) is 18.6. The summed E-state index contributed by atoms with van der Waals surface area (Å²) in [7, 11) is 3.80. The standard InChI is InChI=1S/C18H19N3O/c1-20(12-14-7-4-3-5-8-14)17(22)11-15-13-21(2)18-16(15)9-6-10-19-18/h3-10,13H,11-12H2,1-2H3. The van der Waals surface area contributed by atoms with Crippen molar-refractivity contribution in [1.82, 2.24) is 14.5 Å². The normalized spacial score (nSPS) is 10.8. The highest BCUT2D eigenvalue weighted by molar-refractivity contribution is 5.87. The predicted molar refractivity (Wildman–Crippen MR) is 87.3 cm³/mol. The largest absolute Gasteiger partial charge is 0.341 e. The first-order valence-electron chi connectivity index (χ1n) is 7.32. The van der Waals surface area contributed by atoms with Crippen molar-refractivity contribution in [1.29, 1.82) is 0 Å². The van der Waals surface area contributed by atoms with Crippen LogP contribution in [0.3, 0.4) is 0 Å². The van der Waals surface area contributed by atoms with Crippen molar-refractivity contribution in [3.8, 4) is 0 Å². The van der Waals surface area contributed by atoms with E-state index in [9.17, 15) is 4.79 Å². The van der Waals surface area contributed by atoms with Crippen LogP contribution in [0.15, 0.2) is 54.9 Å². The molecule has 0 saturated heterocycles. The third kappa shape index (κ3) is 2.86. The molecule has 0 unspecified atom stereocenters. The van der Waals surface area contributed by atoms with Crippen LogP contribution in [0.5, 0.6) is 0 Å². The average Bonchev–Trinajstić information content (AvgIpc) is 2.85. The molecule has 0 N–H and O–H groups in total. The van der Waals surface area contributed by atoms with E-state index >= 15 is 0 Å². The number of amides is 1. The lowest BCUT2D eigenvalue weighted by Gasteiger charge is -2.17. The SMILES string of the molecule is CN(Cc1ccccc1)C(=O)Cc1cn(C)c2ncccc12. The summed E-state index contributed by atoms with van der Waals surface area (Å²) < 4.78 is 1.97. The molecule has 3 rings (SSSR count). The van der Waals surface area contributed by atoms with Crippen LogP contribution in [-0.2, 0) is 24.8 Å². The van der Waals surface area contributed by atoms with Gasteiger partial charge in [-0.05, 0) is 23.3 Å². The second-order valence-corrected chi connectivity index (χ2v) is 5.55. The van der Waals surface area contributed by atoms with Crippen LogP contribution in [0.25, 0.3) is 11.0 Å². The van der Waals surface area contributed by atoms with Crippen LogP contribution >= 0.6 is 0 Å². The molecule has 0 aliphatic carbocycles. The zero-order valence-corrected chi connectivity index (χ0v) is 12.9. The number of hydrogen-bond acceptors (Lipinski definition) is 2. The number of carbonyl (C=O) groups is 1. The van der Waals surface area contributed by atoms with Gasteiger partial charge >= 0.3 is 0 Å². The molecule has 0 spiro atoms. The van der Waals surface area contributed by atoms with Crippen LogP contribution in [0.1, 0.15) is 11.1 Å². The smallest absolute Gasteiger partial charge is 0.227 e. The lowest BCUT2D eigenvalue weighted by atomic mass is 10.1. The van der Waals surface area contributed by atoms with Gasteiger partial charge in [-0.2, -0.15) is 0 Å². The van der Waals surface area contributed by atoms with Gasteiger partial charge in [-0.15, -0.1) is 0 Å². The molecule has 0 bridgehead atoms. The fourth-order valence-corrected chi connectivity index (χ4v) is 2.68. The Balaban J connectivity index is 1.75. The molecule has 2 heterocycles. The second-order valence-electron chi connectivity index (χ2n) is 5.55. The van der Waals surface area contributed by atoms with E-state index < -0.39 is 0 Å². The van der Waals surface area contributed by atoms with Gasteiger partial charge in [0.25, 0.3) is 0 Å². The van der Waals surface area contributed by atoms with Gasteiger partial charge in [0.05, 0.1) is 6.42 Å². The summed E-state index contributed by atoms with van der Waals surface area (Å²) in [5.41, 5.74) is 3.07. The summed E-state index contributed by atoms with van der Waals surface area (Å²) in [5, 5.41) is 1.05. The van der Waals surface area contributed by atoms with E-state index in [-0.39, 0.29) is 5.91 Å². The monoisotopic (exact) mass is 293 g/mol. The van der Waals surface area contributed by atoms with Crippen LogP contribution in [-0.4, -0.2) is 27.4 Å². The second kappa shape index (κ2) is 6.02. The Hall–Kier alpha value is -2.62. The molecular formula is C18H19N3O. The van der Waals surface area contributed by atoms with Gasteiger partial charge in [-0.3, -0.25) is 4.79 Å². The van der Waals surface area contributed by atoms with Crippen molar-refractivity contribution in [3.05, 3.63) is 66.0 Å². The molecule has 0 radical (unpaired) electrons. The Morgan fingerprint density at radius 2 is 1.95 bits per heavy atom. The predicted octanol–water partition coefficient (Wildman–Crippen LogP) is 2.77. The zero-order valence-electron chi connectivity index (χ0n) is 12.9. The van der Waals surface area contributed by atoms with Crippen molar-refractivity contribution in [2.24, 2.45) is 7.05 Å². The molecule has 0 atom stereocenters. The maximum atomic E-state index is 12.5. The third-order valence-corrected chi connectivity index (χ3v) is 3.85. The van der Waals surface area contributed by atoms with Crippen LogP contribution in [0, 0.1) is 0 Å². The highest BCUT2D eigenvalue weighted by atomic mass is 16.2. The zero-order chi connectivity index (χ0) is 15.5. The molecule has 4 heteroatoms. The molecule has 1 aromatic carbocycles. The fourth-order valence-electron chi connectivity index (χ4n) is 2.68. The lowest BCUT2D eigenvalue weighted by Crippen LogP contribution is -2.27. The topological polar surface area (TPSA) is 38.1 Å². The molecule has 22 heavy (non-hydrogen) atoms. The van der Waals surface area contributed by atoms with Crippen molar-refractivity contribution in [2.45, 2.75) is 13.0 Å². The third-order valence-electron chi connectivity index (χ3n) is 3.85. The molecule has 1 amide bonds. The van der Waals surface area contributed by atoms with Crippen molar-refractivity contribution >= 4 is 16.9 Å². The molecule has 4 nitrogen and oxygen atoms in total. The number of rotatable bonds is 4. The van der Waals surface area contributed by atoms with E-state index in [1.807, 2.05) is 67.3 Å². The van der Waals surface area contributed by atoms with Gasteiger partial charge in [0.2, 0.25) is 5.91 Å². The Labute approximate surface area is 130 Å². The summed E-state index contributed by atoms with van der Waals surface area (Å²) in [6.07, 6.45) is 4.16. The maximum absolute atomic E-state index is 12.5. The maximum Gasteiger partial charge on any atom is 0.227 e. The van der Waals surface area contributed by atoms with E-state index in [1.165, 1.54) is 0 Å². The number of aryl methyl sites for hydroxylation is 1. The molecule has 0 aliphatic heterocycles. The number of benzene rings is 1. The molecular weight excluding hydrogens is 274 g/mol. The number of pyridine rings is 1. The molecule has 112 valence electrons. The first-order valence-corrected chi connectivity index (χ1v) is 7.32. The van der Waals surface area contributed by atoms with Gasteiger partial charge < -0.3 is 9.47 Å². The molecule has 0 saturated carbocycles. The minimum Gasteiger partial charge on any atom is -0.341 e. The Bertz CT molecular complexity index is 792. The minimum atomic E-state index is 0.111. The van der Waals surface area contributed by atoms with Gasteiger partial charge in [-0.25, -0.2) is 4.98 Å². The van der Waals surface area contributed by atoms with Crippen LogP contribution in [0.2, 0.25) is 0 Å². The van der Waals surface area contributed by atoms with Crippen LogP contribution < -0.4 is 0 Å². The van der Waals surface area contributed by atoms with Gasteiger partial charge in [0, 0.05) is 38.4 Å². The van der Waals surface area contributed by atoms with E-state index in [1.54, 1.807) is 11.1 Å². The van der Waals surface area contributed by atoms with Crippen molar-refractivity contribution in [2.75, 3.05) is 7.05 Å². The molecule has 2 aromatic heterocycles. The van der Waals surface area contributed by atoms with Gasteiger partial charge in [0.15, 0.2) is 0 Å². The van der Waals surface area contributed by atoms with Crippen LogP contribution in [0.4, 0.5) is 0 Å². The summed E-state index contributed by atoms with van der Waals surface area (Å²) in [5.74, 6) is 0.111. The van der Waals surface area contributed by atoms with E-state index in [0.29, 0.717) is 13.0 Å². The van der Waals surface area contributed by atoms with Crippen molar-refractivity contribution < 1.29 is 4.79 Å². The molecule has 0 fully saturated rings. The van der Waals surface area contributed by atoms with Gasteiger partial charge in [0.1, 0.15) is 5.65 Å². The number of hydrogen-bond donors (Lipinski definition) is 0. The van der Waals surface area contributed by atoms with Crippen molar-refractivity contribution in [3.63, 3.8) is 0 Å². The summed E-state index contributed by atoms with van der Waals surface area (Å²) in [6.45, 7) is 0.628. The molecule has 0 aliphatic rings. The number of aromatic nitrogens is 2. The summed E-state index contributed by atoms with van der Waals surface area (Å²) in [6, 6.07) is 14.0.